The Morgan fingerprint density at radius 1 is 0.970 bits per heavy atom. The second-order valence-electron chi connectivity index (χ2n) is 9.14. The van der Waals surface area contributed by atoms with E-state index in [1.807, 2.05) is 12.1 Å². The Balaban J connectivity index is 1.28. The predicted molar refractivity (Wildman–Crippen MR) is 131 cm³/mol. The lowest BCUT2D eigenvalue weighted by atomic mass is 9.90. The van der Waals surface area contributed by atoms with Crippen molar-refractivity contribution in [2.45, 2.75) is 51.0 Å². The summed E-state index contributed by atoms with van der Waals surface area (Å²) in [4.78, 5) is 15.4. The molecule has 3 aromatic rings. The average Bonchev–Trinajstić information content (AvgIpc) is 3.36. The molecule has 1 fully saturated rings. The molecule has 1 N–H and O–H groups in total. The molecular formula is C27H30ClN3O2. The molecule has 5 rings (SSSR count). The quantitative estimate of drug-likeness (QED) is 0.499. The van der Waals surface area contributed by atoms with Crippen LogP contribution in [0.3, 0.4) is 0 Å². The zero-order valence-corrected chi connectivity index (χ0v) is 19.6. The first-order valence-electron chi connectivity index (χ1n) is 12.0. The van der Waals surface area contributed by atoms with Crippen LogP contribution >= 0.6 is 11.6 Å². The minimum atomic E-state index is -0.209. The molecule has 1 aliphatic carbocycles. The van der Waals surface area contributed by atoms with Crippen molar-refractivity contribution in [3.63, 3.8) is 0 Å². The minimum Gasteiger partial charge on any atom is -0.355 e. The molecule has 2 aliphatic rings. The number of carbonyl (C=O) groups is 1. The van der Waals surface area contributed by atoms with E-state index in [9.17, 15) is 4.79 Å². The second kappa shape index (κ2) is 10.1. The van der Waals surface area contributed by atoms with Gasteiger partial charge in [0.1, 0.15) is 0 Å². The van der Waals surface area contributed by atoms with Gasteiger partial charge in [-0.05, 0) is 86.5 Å². The van der Waals surface area contributed by atoms with Gasteiger partial charge >= 0.3 is 0 Å². The lowest BCUT2D eigenvalue weighted by molar-refractivity contribution is 0.0915. The highest BCUT2D eigenvalue weighted by atomic mass is 35.5. The van der Waals surface area contributed by atoms with Gasteiger partial charge in [0, 0.05) is 23.2 Å². The number of hydrogen-bond donors (Lipinski definition) is 1. The zero-order chi connectivity index (χ0) is 22.6. The van der Waals surface area contributed by atoms with Crippen molar-refractivity contribution in [1.82, 2.24) is 15.4 Å². The van der Waals surface area contributed by atoms with Gasteiger partial charge in [-0.3, -0.25) is 9.69 Å². The van der Waals surface area contributed by atoms with Crippen LogP contribution in [-0.2, 0) is 12.8 Å². The number of rotatable bonds is 6. The number of hydrogen-bond acceptors (Lipinski definition) is 4. The first-order chi connectivity index (χ1) is 16.2. The van der Waals surface area contributed by atoms with Crippen molar-refractivity contribution < 1.29 is 9.32 Å². The molecule has 1 atom stereocenters. The van der Waals surface area contributed by atoms with Gasteiger partial charge < -0.3 is 9.84 Å². The van der Waals surface area contributed by atoms with E-state index in [0.717, 1.165) is 42.1 Å². The average molecular weight is 464 g/mol. The topological polar surface area (TPSA) is 58.4 Å². The van der Waals surface area contributed by atoms with Crippen molar-refractivity contribution in [2.75, 3.05) is 19.6 Å². The van der Waals surface area contributed by atoms with E-state index in [2.05, 4.69) is 45.7 Å². The fourth-order valence-electron chi connectivity index (χ4n) is 5.06. The molecule has 0 spiro atoms. The number of benzene rings is 2. The highest BCUT2D eigenvalue weighted by molar-refractivity contribution is 6.30. The Morgan fingerprint density at radius 2 is 1.73 bits per heavy atom. The first kappa shape index (κ1) is 22.2. The number of aryl methyl sites for hydroxylation is 2. The molecule has 0 unspecified atom stereocenters. The molecule has 0 bridgehead atoms. The molecule has 0 saturated carbocycles. The van der Waals surface area contributed by atoms with Crippen molar-refractivity contribution in [3.8, 4) is 11.3 Å². The number of nitrogens with zero attached hydrogens (tertiary/aromatic N) is 2. The molecule has 2 aromatic carbocycles. The molecule has 6 heteroatoms. The van der Waals surface area contributed by atoms with Crippen LogP contribution in [0.1, 0.15) is 65.3 Å². The van der Waals surface area contributed by atoms with Crippen LogP contribution in [0.5, 0.6) is 0 Å². The Hall–Kier alpha value is -2.63. The van der Waals surface area contributed by atoms with Crippen molar-refractivity contribution in [2.24, 2.45) is 0 Å². The number of likely N-dealkylation sites (tertiary alicyclic amines) is 1. The molecular weight excluding hydrogens is 434 g/mol. The SMILES string of the molecule is O=C(NC[C@H](c1ccc(Cl)cc1)N1CCCCC1)c1cc(-c2ccc3c(c2)CCCC3)on1. The largest absolute Gasteiger partial charge is 0.355 e. The summed E-state index contributed by atoms with van der Waals surface area (Å²) in [5.41, 5.74) is 5.27. The third-order valence-corrected chi connectivity index (χ3v) is 7.17. The number of amides is 1. The molecule has 2 heterocycles. The van der Waals surface area contributed by atoms with E-state index in [1.165, 1.54) is 43.2 Å². The van der Waals surface area contributed by atoms with Gasteiger partial charge in [0.25, 0.3) is 5.91 Å². The Kier molecular flexibility index (Phi) is 6.79. The van der Waals surface area contributed by atoms with Gasteiger partial charge in [-0.15, -0.1) is 0 Å². The fraction of sp³-hybridized carbons (Fsp3) is 0.407. The van der Waals surface area contributed by atoms with Crippen molar-refractivity contribution >= 4 is 17.5 Å². The summed E-state index contributed by atoms with van der Waals surface area (Å²) in [7, 11) is 0. The van der Waals surface area contributed by atoms with Gasteiger partial charge in [0.2, 0.25) is 0 Å². The standard InChI is InChI=1S/C27H30ClN3O2/c28-23-12-10-20(11-13-23)25(31-14-4-1-5-15-31)18-29-27(32)24-17-26(33-30-24)22-9-8-19-6-2-3-7-21(19)16-22/h8-13,16-17,25H,1-7,14-15,18H2,(H,29,32)/t25-/m1/s1. The van der Waals surface area contributed by atoms with Crippen LogP contribution in [0.25, 0.3) is 11.3 Å². The number of aromatic nitrogens is 1. The normalized spacial score (nSPS) is 17.4. The van der Waals surface area contributed by atoms with E-state index in [4.69, 9.17) is 16.1 Å². The lowest BCUT2D eigenvalue weighted by Crippen LogP contribution is -2.40. The summed E-state index contributed by atoms with van der Waals surface area (Å²) >= 11 is 6.10. The molecule has 172 valence electrons. The maximum absolute atomic E-state index is 12.9. The number of nitrogens with one attached hydrogen (secondary N) is 1. The van der Waals surface area contributed by atoms with Crippen molar-refractivity contribution in [3.05, 3.63) is 75.9 Å². The minimum absolute atomic E-state index is 0.110. The van der Waals surface area contributed by atoms with Crippen molar-refractivity contribution in [1.29, 1.82) is 0 Å². The van der Waals surface area contributed by atoms with E-state index in [1.54, 1.807) is 6.07 Å². The van der Waals surface area contributed by atoms with Crippen LogP contribution in [0.4, 0.5) is 0 Å². The molecule has 1 saturated heterocycles. The van der Waals surface area contributed by atoms with Crippen LogP contribution < -0.4 is 5.32 Å². The number of halogens is 1. The second-order valence-corrected chi connectivity index (χ2v) is 9.58. The molecule has 1 aromatic heterocycles. The smallest absolute Gasteiger partial charge is 0.273 e. The highest BCUT2D eigenvalue weighted by Gasteiger charge is 2.24. The summed E-state index contributed by atoms with van der Waals surface area (Å²) in [5, 5.41) is 7.87. The predicted octanol–water partition coefficient (Wildman–Crippen LogP) is 5.83. The molecule has 1 amide bonds. The van der Waals surface area contributed by atoms with Gasteiger partial charge in [0.05, 0.1) is 6.04 Å². The Morgan fingerprint density at radius 3 is 2.52 bits per heavy atom. The Labute approximate surface area is 200 Å². The summed E-state index contributed by atoms with van der Waals surface area (Å²) in [6.07, 6.45) is 8.37. The van der Waals surface area contributed by atoms with E-state index >= 15 is 0 Å². The number of piperidine rings is 1. The first-order valence-corrected chi connectivity index (χ1v) is 12.4. The number of fused-ring (bicyclic) bond motifs is 1. The maximum Gasteiger partial charge on any atom is 0.273 e. The van der Waals surface area contributed by atoms with Crippen LogP contribution in [0.2, 0.25) is 5.02 Å². The third-order valence-electron chi connectivity index (χ3n) is 6.92. The summed E-state index contributed by atoms with van der Waals surface area (Å²) in [6.45, 7) is 2.59. The highest BCUT2D eigenvalue weighted by Crippen LogP contribution is 2.28. The number of carbonyl (C=O) groups excluding carboxylic acids is 1. The van der Waals surface area contributed by atoms with Gasteiger partial charge in [-0.2, -0.15) is 0 Å². The zero-order valence-electron chi connectivity index (χ0n) is 18.9. The Bertz CT molecular complexity index is 1100. The molecule has 5 nitrogen and oxygen atoms in total. The monoisotopic (exact) mass is 463 g/mol. The van der Waals surface area contributed by atoms with Crippen LogP contribution in [0, 0.1) is 0 Å². The van der Waals surface area contributed by atoms with Gasteiger partial charge in [-0.1, -0.05) is 47.4 Å². The van der Waals surface area contributed by atoms with E-state index in [-0.39, 0.29) is 11.9 Å². The molecule has 33 heavy (non-hydrogen) atoms. The van der Waals surface area contributed by atoms with Crippen LogP contribution in [-0.4, -0.2) is 35.6 Å². The lowest BCUT2D eigenvalue weighted by Gasteiger charge is -2.35. The summed E-state index contributed by atoms with van der Waals surface area (Å²) < 4.78 is 5.55. The summed E-state index contributed by atoms with van der Waals surface area (Å²) in [6, 6.07) is 16.2. The van der Waals surface area contributed by atoms with Gasteiger partial charge in [0.15, 0.2) is 11.5 Å². The van der Waals surface area contributed by atoms with E-state index < -0.39 is 0 Å². The summed E-state index contributed by atoms with van der Waals surface area (Å²) in [5.74, 6) is 0.428. The fourth-order valence-corrected chi connectivity index (χ4v) is 5.18. The third kappa shape index (κ3) is 5.15. The van der Waals surface area contributed by atoms with Crippen LogP contribution in [0.15, 0.2) is 53.1 Å². The molecule has 1 aliphatic heterocycles. The maximum atomic E-state index is 12.9. The van der Waals surface area contributed by atoms with Gasteiger partial charge in [-0.25, -0.2) is 0 Å². The molecule has 0 radical (unpaired) electrons. The van der Waals surface area contributed by atoms with E-state index in [0.29, 0.717) is 18.0 Å².